The molecule has 2 N–H and O–H groups in total. The number of ether oxygens (including phenoxy) is 1. The van der Waals surface area contributed by atoms with E-state index in [0.29, 0.717) is 29.5 Å². The van der Waals surface area contributed by atoms with Gasteiger partial charge in [-0.1, -0.05) is 18.2 Å². The molecule has 2 aromatic carbocycles. The quantitative estimate of drug-likeness (QED) is 0.728. The molecule has 0 saturated heterocycles. The fourth-order valence-electron chi connectivity index (χ4n) is 4.71. The van der Waals surface area contributed by atoms with Crippen molar-refractivity contribution in [3.63, 3.8) is 0 Å². The van der Waals surface area contributed by atoms with Crippen LogP contribution in [0.5, 0.6) is 5.75 Å². The molecule has 1 saturated carbocycles. The average molecular weight is 436 g/mol. The molecular formula is C25H29N3O4. The summed E-state index contributed by atoms with van der Waals surface area (Å²) in [6, 6.07) is 12.8. The Hall–Kier alpha value is -3.35. The molecule has 32 heavy (non-hydrogen) atoms. The van der Waals surface area contributed by atoms with Gasteiger partial charge in [0, 0.05) is 37.2 Å². The largest absolute Gasteiger partial charge is 0.495 e. The van der Waals surface area contributed by atoms with E-state index in [-0.39, 0.29) is 23.6 Å². The number of methoxy groups -OCH3 is 1. The molecule has 4 rings (SSSR count). The maximum Gasteiger partial charge on any atom is 0.254 e. The number of amides is 3. The summed E-state index contributed by atoms with van der Waals surface area (Å²) in [7, 11) is 3.10. The van der Waals surface area contributed by atoms with Crippen molar-refractivity contribution in [2.45, 2.75) is 32.2 Å². The third-order valence-electron chi connectivity index (χ3n) is 6.54. The van der Waals surface area contributed by atoms with E-state index >= 15 is 0 Å². The third kappa shape index (κ3) is 4.47. The second-order valence-electron chi connectivity index (χ2n) is 8.54. The van der Waals surface area contributed by atoms with Crippen molar-refractivity contribution in [2.75, 3.05) is 26.0 Å². The Kier molecular flexibility index (Phi) is 6.44. The van der Waals surface area contributed by atoms with E-state index < -0.39 is 0 Å². The van der Waals surface area contributed by atoms with Gasteiger partial charge in [-0.15, -0.1) is 0 Å². The van der Waals surface area contributed by atoms with E-state index in [0.717, 1.165) is 43.4 Å². The van der Waals surface area contributed by atoms with Crippen molar-refractivity contribution >= 4 is 23.4 Å². The smallest absolute Gasteiger partial charge is 0.254 e. The molecule has 1 aliphatic carbocycles. The summed E-state index contributed by atoms with van der Waals surface area (Å²) < 4.78 is 5.35. The number of rotatable bonds is 6. The Balaban J connectivity index is 1.33. The van der Waals surface area contributed by atoms with Gasteiger partial charge in [-0.3, -0.25) is 14.4 Å². The maximum atomic E-state index is 12.9. The van der Waals surface area contributed by atoms with Crippen LogP contribution in [-0.4, -0.2) is 43.3 Å². The van der Waals surface area contributed by atoms with Crippen LogP contribution in [-0.2, 0) is 11.3 Å². The number of carbonyl (C=O) groups is 3. The van der Waals surface area contributed by atoms with Crippen LogP contribution in [0, 0.1) is 11.8 Å². The highest BCUT2D eigenvalue weighted by Gasteiger charge is 2.32. The van der Waals surface area contributed by atoms with Crippen LogP contribution in [0.2, 0.25) is 0 Å². The SMILES string of the molecule is CNC(=O)c1ccc(OC)c(NC(=O)C2CCC(CN3Cc4ccccc4C3=O)CC2)c1. The van der Waals surface area contributed by atoms with Gasteiger partial charge in [0.15, 0.2) is 0 Å². The highest BCUT2D eigenvalue weighted by molar-refractivity contribution is 5.99. The van der Waals surface area contributed by atoms with Crippen molar-refractivity contribution in [3.8, 4) is 5.75 Å². The summed E-state index contributed by atoms with van der Waals surface area (Å²) in [5, 5.41) is 5.53. The fraction of sp³-hybridized carbons (Fsp3) is 0.400. The molecule has 1 aliphatic heterocycles. The molecule has 3 amide bonds. The zero-order valence-corrected chi connectivity index (χ0v) is 18.5. The predicted octanol–water partition coefficient (Wildman–Crippen LogP) is 3.46. The third-order valence-corrected chi connectivity index (χ3v) is 6.54. The van der Waals surface area contributed by atoms with Crippen LogP contribution in [0.3, 0.4) is 0 Å². The molecular weight excluding hydrogens is 406 g/mol. The minimum absolute atomic E-state index is 0.0551. The number of hydrogen-bond donors (Lipinski definition) is 2. The minimum atomic E-state index is -0.220. The molecule has 0 unspecified atom stereocenters. The Labute approximate surface area is 188 Å². The van der Waals surface area contributed by atoms with Gasteiger partial charge in [-0.2, -0.15) is 0 Å². The molecule has 1 heterocycles. The highest BCUT2D eigenvalue weighted by Crippen LogP contribution is 2.33. The second kappa shape index (κ2) is 9.42. The summed E-state index contributed by atoms with van der Waals surface area (Å²) in [6.07, 6.45) is 3.38. The predicted molar refractivity (Wildman–Crippen MR) is 122 cm³/mol. The number of nitrogens with zero attached hydrogens (tertiary/aromatic N) is 1. The molecule has 0 spiro atoms. The molecule has 2 aromatic rings. The Morgan fingerprint density at radius 1 is 1.09 bits per heavy atom. The van der Waals surface area contributed by atoms with Crippen LogP contribution in [0.1, 0.15) is 52.0 Å². The van der Waals surface area contributed by atoms with Gasteiger partial charge in [0.25, 0.3) is 11.8 Å². The summed E-state index contributed by atoms with van der Waals surface area (Å²) in [6.45, 7) is 1.42. The van der Waals surface area contributed by atoms with Crippen molar-refractivity contribution in [3.05, 3.63) is 59.2 Å². The average Bonchev–Trinajstić information content (AvgIpc) is 3.14. The van der Waals surface area contributed by atoms with E-state index in [2.05, 4.69) is 10.6 Å². The normalized spacial score (nSPS) is 19.9. The lowest BCUT2D eigenvalue weighted by Crippen LogP contribution is -2.34. The zero-order valence-electron chi connectivity index (χ0n) is 18.5. The molecule has 0 atom stereocenters. The monoisotopic (exact) mass is 435 g/mol. The molecule has 0 aromatic heterocycles. The Morgan fingerprint density at radius 2 is 1.84 bits per heavy atom. The van der Waals surface area contributed by atoms with E-state index in [9.17, 15) is 14.4 Å². The lowest BCUT2D eigenvalue weighted by atomic mass is 9.81. The minimum Gasteiger partial charge on any atom is -0.495 e. The van der Waals surface area contributed by atoms with E-state index in [4.69, 9.17) is 4.74 Å². The van der Waals surface area contributed by atoms with E-state index in [1.54, 1.807) is 25.2 Å². The maximum absolute atomic E-state index is 12.9. The Bertz CT molecular complexity index is 1030. The van der Waals surface area contributed by atoms with Gasteiger partial charge in [-0.25, -0.2) is 0 Å². The van der Waals surface area contributed by atoms with Crippen LogP contribution in [0.4, 0.5) is 5.69 Å². The van der Waals surface area contributed by atoms with Gasteiger partial charge in [0.1, 0.15) is 5.75 Å². The number of nitrogens with one attached hydrogen (secondary N) is 2. The lowest BCUT2D eigenvalue weighted by Gasteiger charge is -2.30. The van der Waals surface area contributed by atoms with E-state index in [1.165, 1.54) is 7.11 Å². The first kappa shape index (κ1) is 21.9. The van der Waals surface area contributed by atoms with Crippen molar-refractivity contribution in [1.29, 1.82) is 0 Å². The van der Waals surface area contributed by atoms with Crippen LogP contribution in [0.15, 0.2) is 42.5 Å². The van der Waals surface area contributed by atoms with Gasteiger partial charge in [-0.05, 0) is 61.4 Å². The van der Waals surface area contributed by atoms with Gasteiger partial charge < -0.3 is 20.3 Å². The van der Waals surface area contributed by atoms with Crippen LogP contribution >= 0.6 is 0 Å². The van der Waals surface area contributed by atoms with Gasteiger partial charge in [0.2, 0.25) is 5.91 Å². The second-order valence-corrected chi connectivity index (χ2v) is 8.54. The summed E-state index contributed by atoms with van der Waals surface area (Å²) >= 11 is 0. The molecule has 0 bridgehead atoms. The first-order valence-electron chi connectivity index (χ1n) is 11.1. The molecule has 168 valence electrons. The van der Waals surface area contributed by atoms with Crippen molar-refractivity contribution in [1.82, 2.24) is 10.2 Å². The summed E-state index contributed by atoms with van der Waals surface area (Å²) in [4.78, 5) is 39.4. The molecule has 7 heteroatoms. The standard InChI is InChI=1S/C25H29N3O4/c1-26-23(29)18-11-12-22(32-2)21(13-18)27-24(30)17-9-7-16(8-10-17)14-28-15-19-5-3-4-6-20(19)25(28)31/h3-6,11-13,16-17H,7-10,14-15H2,1-2H3,(H,26,29)(H,27,30). The lowest BCUT2D eigenvalue weighted by molar-refractivity contribution is -0.121. The van der Waals surface area contributed by atoms with Gasteiger partial charge in [0.05, 0.1) is 12.8 Å². The number of hydrogen-bond acceptors (Lipinski definition) is 4. The summed E-state index contributed by atoms with van der Waals surface area (Å²) in [5.74, 6) is 0.674. The Morgan fingerprint density at radius 3 is 2.53 bits per heavy atom. The molecule has 1 fully saturated rings. The molecule has 2 aliphatic rings. The fourth-order valence-corrected chi connectivity index (χ4v) is 4.71. The van der Waals surface area contributed by atoms with Gasteiger partial charge >= 0.3 is 0 Å². The van der Waals surface area contributed by atoms with E-state index in [1.807, 2.05) is 29.2 Å². The first-order valence-corrected chi connectivity index (χ1v) is 11.1. The number of carbonyl (C=O) groups excluding carboxylic acids is 3. The van der Waals surface area contributed by atoms with Crippen molar-refractivity contribution < 1.29 is 19.1 Å². The first-order chi connectivity index (χ1) is 15.5. The highest BCUT2D eigenvalue weighted by atomic mass is 16.5. The number of fused-ring (bicyclic) bond motifs is 1. The number of anilines is 1. The zero-order chi connectivity index (χ0) is 22.7. The van der Waals surface area contributed by atoms with Crippen LogP contribution in [0.25, 0.3) is 0 Å². The van der Waals surface area contributed by atoms with Crippen LogP contribution < -0.4 is 15.4 Å². The molecule has 7 nitrogen and oxygen atoms in total. The topological polar surface area (TPSA) is 87.7 Å². The summed E-state index contributed by atoms with van der Waals surface area (Å²) in [5.41, 5.74) is 2.87. The molecule has 0 radical (unpaired) electrons. The van der Waals surface area contributed by atoms with Crippen molar-refractivity contribution in [2.24, 2.45) is 11.8 Å². The number of benzene rings is 2.